The highest BCUT2D eigenvalue weighted by Crippen LogP contribution is 2.60. The number of hydrogen-bond acceptors (Lipinski definition) is 7. The lowest BCUT2D eigenvalue weighted by atomic mass is 9.55. The van der Waals surface area contributed by atoms with Crippen LogP contribution in [-0.4, -0.2) is 52.7 Å². The zero-order valence-corrected chi connectivity index (χ0v) is 16.1. The van der Waals surface area contributed by atoms with Crippen molar-refractivity contribution in [3.05, 3.63) is 35.9 Å². The molecule has 7 nitrogen and oxygen atoms in total. The van der Waals surface area contributed by atoms with Crippen LogP contribution >= 0.6 is 11.8 Å². The van der Waals surface area contributed by atoms with Gasteiger partial charge in [-0.2, -0.15) is 0 Å². The molecule has 1 spiro atoms. The van der Waals surface area contributed by atoms with Gasteiger partial charge in [0.25, 0.3) is 0 Å². The summed E-state index contributed by atoms with van der Waals surface area (Å²) < 4.78 is 12.0. The van der Waals surface area contributed by atoms with E-state index in [0.717, 1.165) is 7.11 Å². The molecule has 0 amide bonds. The van der Waals surface area contributed by atoms with Crippen molar-refractivity contribution in [2.75, 3.05) is 7.11 Å². The SMILES string of the molecule is COC(=O)[C@]12C(=O)CCC(=O)C13CCC(C[C@@H]2OC(=O)c1ccccc1)N3Cl. The van der Waals surface area contributed by atoms with Crippen LogP contribution in [0.3, 0.4) is 0 Å². The van der Waals surface area contributed by atoms with E-state index in [1.54, 1.807) is 30.3 Å². The van der Waals surface area contributed by atoms with E-state index >= 15 is 0 Å². The monoisotopic (exact) mass is 405 g/mol. The molecule has 1 aromatic rings. The molecule has 1 saturated carbocycles. The Balaban J connectivity index is 1.84. The first kappa shape index (κ1) is 19.1. The fraction of sp³-hybridized carbons (Fsp3) is 0.500. The molecule has 3 aliphatic rings. The zero-order valence-electron chi connectivity index (χ0n) is 15.4. The zero-order chi connectivity index (χ0) is 20.1. The second-order valence-electron chi connectivity index (χ2n) is 7.51. The number of rotatable bonds is 3. The van der Waals surface area contributed by atoms with Crippen LogP contribution in [0.1, 0.15) is 42.5 Å². The molecule has 0 N–H and O–H groups in total. The van der Waals surface area contributed by atoms with Crippen molar-refractivity contribution in [1.82, 2.24) is 4.42 Å². The molecule has 3 fully saturated rings. The lowest BCUT2D eigenvalue weighted by Crippen LogP contribution is -2.76. The van der Waals surface area contributed by atoms with E-state index in [1.165, 1.54) is 4.42 Å². The number of benzene rings is 1. The standard InChI is InChI=1S/C20H20ClNO6/c1-27-18(26)20-15(24)8-7-14(23)19(20)10-9-13(22(19)21)11-16(20)28-17(25)12-5-3-2-4-6-12/h2-6,13,16H,7-11H2,1H3/t13?,16-,19?,20+/m0/s1. The lowest BCUT2D eigenvalue weighted by molar-refractivity contribution is -0.193. The van der Waals surface area contributed by atoms with Crippen LogP contribution in [0.15, 0.2) is 30.3 Å². The number of carbonyl (C=O) groups excluding carboxylic acids is 4. The van der Waals surface area contributed by atoms with Gasteiger partial charge in [-0.15, -0.1) is 0 Å². The van der Waals surface area contributed by atoms with Crippen molar-refractivity contribution in [3.8, 4) is 0 Å². The minimum absolute atomic E-state index is 0.00681. The molecule has 2 heterocycles. The third-order valence-electron chi connectivity index (χ3n) is 6.39. The normalized spacial score (nSPS) is 34.6. The molecule has 1 aliphatic carbocycles. The predicted octanol–water partition coefficient (Wildman–Crippen LogP) is 2.06. The average Bonchev–Trinajstić information content (AvgIpc) is 2.93. The molecule has 148 valence electrons. The molecule has 1 aromatic carbocycles. The van der Waals surface area contributed by atoms with Crippen LogP contribution < -0.4 is 0 Å². The van der Waals surface area contributed by atoms with Crippen molar-refractivity contribution in [2.24, 2.45) is 5.41 Å². The minimum Gasteiger partial charge on any atom is -0.468 e. The molecule has 4 atom stereocenters. The molecule has 2 saturated heterocycles. The summed E-state index contributed by atoms with van der Waals surface area (Å²) in [5.74, 6) is -2.27. The number of fused-ring (bicyclic) bond motifs is 1. The summed E-state index contributed by atoms with van der Waals surface area (Å²) >= 11 is 6.53. The number of carbonyl (C=O) groups is 4. The Morgan fingerprint density at radius 2 is 1.82 bits per heavy atom. The first-order valence-corrected chi connectivity index (χ1v) is 9.59. The highest BCUT2D eigenvalue weighted by molar-refractivity contribution is 6.22. The Morgan fingerprint density at radius 3 is 2.50 bits per heavy atom. The van der Waals surface area contributed by atoms with Gasteiger partial charge in [-0.3, -0.25) is 14.4 Å². The Morgan fingerprint density at radius 1 is 1.14 bits per heavy atom. The van der Waals surface area contributed by atoms with E-state index in [4.69, 9.17) is 21.3 Å². The number of ketones is 2. The fourth-order valence-corrected chi connectivity index (χ4v) is 5.67. The van der Waals surface area contributed by atoms with Crippen LogP contribution in [0.5, 0.6) is 0 Å². The maximum absolute atomic E-state index is 13.2. The number of ether oxygens (including phenoxy) is 2. The second-order valence-corrected chi connectivity index (χ2v) is 7.87. The Labute approximate surface area is 167 Å². The van der Waals surface area contributed by atoms with E-state index in [9.17, 15) is 19.2 Å². The maximum atomic E-state index is 13.2. The van der Waals surface area contributed by atoms with Gasteiger partial charge < -0.3 is 9.47 Å². The van der Waals surface area contributed by atoms with Gasteiger partial charge >= 0.3 is 11.9 Å². The number of halogens is 1. The molecule has 4 rings (SSSR count). The topological polar surface area (TPSA) is 90.0 Å². The van der Waals surface area contributed by atoms with E-state index in [-0.39, 0.29) is 37.5 Å². The summed E-state index contributed by atoms with van der Waals surface area (Å²) in [6.07, 6.45) is -0.261. The quantitative estimate of drug-likeness (QED) is 0.432. The van der Waals surface area contributed by atoms with Crippen LogP contribution in [0.4, 0.5) is 0 Å². The number of nitrogens with zero attached hydrogens (tertiary/aromatic N) is 1. The first-order chi connectivity index (χ1) is 13.4. The lowest BCUT2D eigenvalue weighted by Gasteiger charge is -2.55. The summed E-state index contributed by atoms with van der Waals surface area (Å²) in [5.41, 5.74) is -3.19. The smallest absolute Gasteiger partial charge is 0.338 e. The molecular formula is C20H20ClNO6. The first-order valence-electron chi connectivity index (χ1n) is 9.25. The maximum Gasteiger partial charge on any atom is 0.338 e. The number of esters is 2. The van der Waals surface area contributed by atoms with Crippen LogP contribution in [0, 0.1) is 5.41 Å². The Hall–Kier alpha value is -2.25. The summed E-state index contributed by atoms with van der Waals surface area (Å²) in [6, 6.07) is 8.03. The van der Waals surface area contributed by atoms with Gasteiger partial charge in [0.05, 0.1) is 12.7 Å². The highest BCUT2D eigenvalue weighted by atomic mass is 35.5. The van der Waals surface area contributed by atoms with Crippen molar-refractivity contribution < 1.29 is 28.7 Å². The number of Topliss-reactive ketones (excluding diaryl/α,β-unsaturated/α-hetero) is 2. The highest BCUT2D eigenvalue weighted by Gasteiger charge is 2.78. The van der Waals surface area contributed by atoms with Crippen LogP contribution in [0.25, 0.3) is 0 Å². The molecule has 2 bridgehead atoms. The molecule has 8 heteroatoms. The van der Waals surface area contributed by atoms with E-state index in [1.807, 2.05) is 0 Å². The summed E-state index contributed by atoms with van der Waals surface area (Å²) in [4.78, 5) is 52.1. The molecule has 2 aliphatic heterocycles. The third kappa shape index (κ3) is 2.26. The van der Waals surface area contributed by atoms with Crippen LogP contribution in [-0.2, 0) is 23.9 Å². The molecule has 2 unspecified atom stereocenters. The third-order valence-corrected chi connectivity index (χ3v) is 6.96. The largest absolute Gasteiger partial charge is 0.468 e. The van der Waals surface area contributed by atoms with Crippen molar-refractivity contribution in [2.45, 2.75) is 49.8 Å². The number of piperidine rings is 1. The van der Waals surface area contributed by atoms with Gasteiger partial charge in [0.1, 0.15) is 11.6 Å². The van der Waals surface area contributed by atoms with Gasteiger partial charge in [0, 0.05) is 25.3 Å². The van der Waals surface area contributed by atoms with Gasteiger partial charge in [0.2, 0.25) is 0 Å². The van der Waals surface area contributed by atoms with Gasteiger partial charge in [-0.05, 0) is 36.8 Å². The number of hydrogen-bond donors (Lipinski definition) is 0. The van der Waals surface area contributed by atoms with E-state index < -0.39 is 34.8 Å². The second kappa shape index (κ2) is 6.67. The molecular weight excluding hydrogens is 386 g/mol. The summed E-state index contributed by atoms with van der Waals surface area (Å²) in [6.45, 7) is 0. The van der Waals surface area contributed by atoms with Gasteiger partial charge in [0.15, 0.2) is 17.0 Å². The molecule has 0 radical (unpaired) electrons. The number of methoxy groups -OCH3 is 1. The van der Waals surface area contributed by atoms with E-state index in [2.05, 4.69) is 0 Å². The van der Waals surface area contributed by atoms with Crippen molar-refractivity contribution in [3.63, 3.8) is 0 Å². The average molecular weight is 406 g/mol. The van der Waals surface area contributed by atoms with Gasteiger partial charge in [-0.25, -0.2) is 9.21 Å². The van der Waals surface area contributed by atoms with Crippen LogP contribution in [0.2, 0.25) is 0 Å². The molecule has 28 heavy (non-hydrogen) atoms. The molecule has 0 aromatic heterocycles. The van der Waals surface area contributed by atoms with Crippen molar-refractivity contribution >= 4 is 35.3 Å². The Bertz CT molecular complexity index is 848. The van der Waals surface area contributed by atoms with Crippen molar-refractivity contribution in [1.29, 1.82) is 0 Å². The Kier molecular flexibility index (Phi) is 4.55. The predicted molar refractivity (Wildman–Crippen MR) is 97.4 cm³/mol. The van der Waals surface area contributed by atoms with Gasteiger partial charge in [-0.1, -0.05) is 18.2 Å². The van der Waals surface area contributed by atoms with E-state index in [0.29, 0.717) is 12.0 Å². The fourth-order valence-electron chi connectivity index (χ4n) is 5.18. The summed E-state index contributed by atoms with van der Waals surface area (Å²) in [5, 5.41) is 0. The summed E-state index contributed by atoms with van der Waals surface area (Å²) in [7, 11) is 1.16. The minimum atomic E-state index is -1.95.